The average molecular weight is 379 g/mol. The summed E-state index contributed by atoms with van der Waals surface area (Å²) in [6.45, 7) is 2.78. The quantitative estimate of drug-likeness (QED) is 0.759. The third kappa shape index (κ3) is 4.77. The van der Waals surface area contributed by atoms with Crippen molar-refractivity contribution >= 4 is 31.9 Å². The molecule has 1 aromatic carbocycles. The van der Waals surface area contributed by atoms with Crippen molar-refractivity contribution in [2.75, 3.05) is 27.3 Å². The number of benzene rings is 1. The fourth-order valence-electron chi connectivity index (χ4n) is 1.84. The molecule has 118 valence electrons. The van der Waals surface area contributed by atoms with Crippen LogP contribution in [0.4, 0.5) is 0 Å². The van der Waals surface area contributed by atoms with Crippen LogP contribution in [0, 0.1) is 6.92 Å². The number of aryl methyl sites for hydroxylation is 1. The van der Waals surface area contributed by atoms with Crippen LogP contribution in [0.1, 0.15) is 22.3 Å². The molecule has 0 heterocycles. The van der Waals surface area contributed by atoms with Gasteiger partial charge in [0.05, 0.1) is 4.90 Å². The van der Waals surface area contributed by atoms with Crippen LogP contribution in [0.3, 0.4) is 0 Å². The lowest BCUT2D eigenvalue weighted by Crippen LogP contribution is -2.29. The number of halogens is 1. The summed E-state index contributed by atoms with van der Waals surface area (Å²) >= 11 is 3.19. The smallest absolute Gasteiger partial charge is 0.253 e. The summed E-state index contributed by atoms with van der Waals surface area (Å²) in [6.07, 6.45) is 0.705. The van der Waals surface area contributed by atoms with Gasteiger partial charge in [-0.15, -0.1) is 0 Å². The van der Waals surface area contributed by atoms with Crippen LogP contribution in [-0.4, -0.2) is 46.5 Å². The second-order valence-electron chi connectivity index (χ2n) is 4.72. The number of carbonyl (C=O) groups is 1. The van der Waals surface area contributed by atoms with Gasteiger partial charge in [-0.3, -0.25) is 4.79 Å². The molecule has 0 saturated carbocycles. The van der Waals surface area contributed by atoms with Crippen molar-refractivity contribution in [3.63, 3.8) is 0 Å². The van der Waals surface area contributed by atoms with E-state index in [1.165, 1.54) is 11.0 Å². The molecule has 0 unspecified atom stereocenters. The fraction of sp³-hybridized carbons (Fsp3) is 0.462. The first-order valence-corrected chi connectivity index (χ1v) is 8.59. The summed E-state index contributed by atoms with van der Waals surface area (Å²) in [5.74, 6) is -0.258. The van der Waals surface area contributed by atoms with Crippen molar-refractivity contribution in [1.29, 1.82) is 0 Å². The standard InChI is InChI=1S/C13H19BrN2O4S/c1-9-7-10(8-11(12(9)14)21(15,18)19)13(17)16(2)5-4-6-20-3/h7-8H,4-6H2,1-3H3,(H2,15,18,19). The molecule has 1 amide bonds. The highest BCUT2D eigenvalue weighted by atomic mass is 79.9. The molecule has 0 spiro atoms. The molecule has 8 heteroatoms. The van der Waals surface area contributed by atoms with Gasteiger partial charge in [-0.25, -0.2) is 13.6 Å². The van der Waals surface area contributed by atoms with Crippen molar-refractivity contribution in [3.8, 4) is 0 Å². The molecule has 0 bridgehead atoms. The van der Waals surface area contributed by atoms with Crippen LogP contribution < -0.4 is 5.14 Å². The van der Waals surface area contributed by atoms with Gasteiger partial charge in [-0.2, -0.15) is 0 Å². The Kier molecular flexibility index (Phi) is 6.33. The predicted octanol–water partition coefficient (Wildman–Crippen LogP) is 1.51. The molecule has 0 atom stereocenters. The fourth-order valence-corrected chi connectivity index (χ4v) is 3.44. The molecule has 0 radical (unpaired) electrons. The number of hydrogen-bond donors (Lipinski definition) is 1. The minimum absolute atomic E-state index is 0.0869. The van der Waals surface area contributed by atoms with Crippen molar-refractivity contribution in [1.82, 2.24) is 4.90 Å². The van der Waals surface area contributed by atoms with Crippen LogP contribution in [-0.2, 0) is 14.8 Å². The summed E-state index contributed by atoms with van der Waals surface area (Å²) in [7, 11) is -0.642. The Balaban J connectivity index is 3.09. The average Bonchev–Trinajstić information content (AvgIpc) is 2.39. The van der Waals surface area contributed by atoms with Crippen LogP contribution in [0.5, 0.6) is 0 Å². The van der Waals surface area contributed by atoms with Crippen LogP contribution in [0.15, 0.2) is 21.5 Å². The SMILES string of the molecule is COCCCN(C)C(=O)c1cc(C)c(Br)c(S(N)(=O)=O)c1. The van der Waals surface area contributed by atoms with Crippen molar-refractivity contribution in [3.05, 3.63) is 27.7 Å². The Labute approximate surface area is 133 Å². The van der Waals surface area contributed by atoms with Gasteiger partial charge in [0, 0.05) is 37.3 Å². The molecule has 6 nitrogen and oxygen atoms in total. The number of amides is 1. The van der Waals surface area contributed by atoms with E-state index in [0.29, 0.717) is 35.2 Å². The van der Waals surface area contributed by atoms with E-state index in [1.807, 2.05) is 0 Å². The highest BCUT2D eigenvalue weighted by Crippen LogP contribution is 2.27. The first-order chi connectivity index (χ1) is 9.68. The molecule has 0 saturated heterocycles. The van der Waals surface area contributed by atoms with Gasteiger partial charge in [0.2, 0.25) is 10.0 Å². The van der Waals surface area contributed by atoms with Crippen LogP contribution >= 0.6 is 15.9 Å². The zero-order valence-electron chi connectivity index (χ0n) is 12.2. The molecule has 2 N–H and O–H groups in total. The molecule has 0 aliphatic rings. The first kappa shape index (κ1) is 18.1. The lowest BCUT2D eigenvalue weighted by Gasteiger charge is -2.18. The maximum absolute atomic E-state index is 12.3. The van der Waals surface area contributed by atoms with Gasteiger partial charge in [0.25, 0.3) is 5.91 Å². The molecule has 1 aromatic rings. The number of methoxy groups -OCH3 is 1. The van der Waals surface area contributed by atoms with E-state index in [4.69, 9.17) is 9.88 Å². The molecule has 1 rings (SSSR count). The molecule has 0 aromatic heterocycles. The molecular weight excluding hydrogens is 360 g/mol. The highest BCUT2D eigenvalue weighted by Gasteiger charge is 2.20. The summed E-state index contributed by atoms with van der Waals surface area (Å²) in [4.78, 5) is 13.8. The Morgan fingerprint density at radius 2 is 2.05 bits per heavy atom. The first-order valence-electron chi connectivity index (χ1n) is 6.25. The normalized spacial score (nSPS) is 11.5. The second-order valence-corrected chi connectivity index (χ2v) is 7.05. The highest BCUT2D eigenvalue weighted by molar-refractivity contribution is 9.10. The van der Waals surface area contributed by atoms with Crippen molar-refractivity contribution < 1.29 is 17.9 Å². The van der Waals surface area contributed by atoms with Gasteiger partial charge >= 0.3 is 0 Å². The largest absolute Gasteiger partial charge is 0.385 e. The topological polar surface area (TPSA) is 89.7 Å². The zero-order chi connectivity index (χ0) is 16.2. The number of nitrogens with two attached hydrogens (primary N) is 1. The molecule has 0 aliphatic heterocycles. The van der Waals surface area contributed by atoms with Crippen LogP contribution in [0.25, 0.3) is 0 Å². The Morgan fingerprint density at radius 3 is 2.57 bits per heavy atom. The monoisotopic (exact) mass is 378 g/mol. The molecular formula is C13H19BrN2O4S. The lowest BCUT2D eigenvalue weighted by atomic mass is 10.1. The van der Waals surface area contributed by atoms with E-state index in [9.17, 15) is 13.2 Å². The van der Waals surface area contributed by atoms with E-state index >= 15 is 0 Å². The van der Waals surface area contributed by atoms with Gasteiger partial charge in [-0.05, 0) is 47.0 Å². The van der Waals surface area contributed by atoms with E-state index in [-0.39, 0.29) is 10.8 Å². The second kappa shape index (κ2) is 7.35. The number of sulfonamides is 1. The third-order valence-corrected chi connectivity index (χ3v) is 5.21. The van der Waals surface area contributed by atoms with Crippen LogP contribution in [0.2, 0.25) is 0 Å². The third-order valence-electron chi connectivity index (χ3n) is 2.96. The van der Waals surface area contributed by atoms with Crippen molar-refractivity contribution in [2.45, 2.75) is 18.2 Å². The number of primary sulfonamides is 1. The predicted molar refractivity (Wildman–Crippen MR) is 83.7 cm³/mol. The number of hydrogen-bond acceptors (Lipinski definition) is 4. The van der Waals surface area contributed by atoms with Gasteiger partial charge in [0.1, 0.15) is 0 Å². The Morgan fingerprint density at radius 1 is 1.43 bits per heavy atom. The summed E-state index contributed by atoms with van der Waals surface area (Å²) < 4.78 is 28.5. The van der Waals surface area contributed by atoms with Gasteiger partial charge < -0.3 is 9.64 Å². The number of carbonyl (C=O) groups excluding carboxylic acids is 1. The lowest BCUT2D eigenvalue weighted by molar-refractivity contribution is 0.0779. The summed E-state index contributed by atoms with van der Waals surface area (Å²) in [6, 6.07) is 2.93. The van der Waals surface area contributed by atoms with E-state index in [0.717, 1.165) is 0 Å². The minimum Gasteiger partial charge on any atom is -0.385 e. The maximum atomic E-state index is 12.3. The number of ether oxygens (including phenoxy) is 1. The number of rotatable bonds is 6. The summed E-state index contributed by atoms with van der Waals surface area (Å²) in [5.41, 5.74) is 0.926. The Bertz CT molecular complexity index is 631. The number of nitrogens with zero attached hydrogens (tertiary/aromatic N) is 1. The zero-order valence-corrected chi connectivity index (χ0v) is 14.6. The van der Waals surface area contributed by atoms with E-state index in [1.54, 1.807) is 27.1 Å². The molecule has 21 heavy (non-hydrogen) atoms. The summed E-state index contributed by atoms with van der Waals surface area (Å²) in [5, 5.41) is 5.17. The van der Waals surface area contributed by atoms with E-state index < -0.39 is 10.0 Å². The molecule has 0 fully saturated rings. The van der Waals surface area contributed by atoms with E-state index in [2.05, 4.69) is 15.9 Å². The van der Waals surface area contributed by atoms with Gasteiger partial charge in [-0.1, -0.05) is 0 Å². The van der Waals surface area contributed by atoms with Gasteiger partial charge in [0.15, 0.2) is 0 Å². The Hall–Kier alpha value is -0.960. The molecule has 0 aliphatic carbocycles. The van der Waals surface area contributed by atoms with Crippen molar-refractivity contribution in [2.24, 2.45) is 5.14 Å². The maximum Gasteiger partial charge on any atom is 0.253 e. The minimum atomic E-state index is -3.90.